The van der Waals surface area contributed by atoms with Gasteiger partial charge in [-0.1, -0.05) is 24.1 Å². The van der Waals surface area contributed by atoms with E-state index in [-0.39, 0.29) is 12.1 Å². The van der Waals surface area contributed by atoms with Gasteiger partial charge in [0.2, 0.25) is 0 Å². The molecule has 1 aromatic carbocycles. The van der Waals surface area contributed by atoms with E-state index in [0.717, 1.165) is 49.2 Å². The molecule has 1 aliphatic rings. The molecule has 1 N–H and O–H groups in total. The van der Waals surface area contributed by atoms with Crippen LogP contribution in [0.2, 0.25) is 0 Å². The Kier molecular flexibility index (Phi) is 6.17. The van der Waals surface area contributed by atoms with Crippen molar-refractivity contribution in [1.82, 2.24) is 29.4 Å². The molecule has 176 valence electrons. The highest BCUT2D eigenvalue weighted by molar-refractivity contribution is 5.89. The lowest BCUT2D eigenvalue weighted by atomic mass is 10.2. The average Bonchev–Trinajstić information content (AvgIpc) is 2.99. The molecule has 4 aromatic rings. The first kappa shape index (κ1) is 22.6. The lowest BCUT2D eigenvalue weighted by molar-refractivity contribution is 0.698. The van der Waals surface area contributed by atoms with Gasteiger partial charge in [0.25, 0.3) is 5.56 Å². The van der Waals surface area contributed by atoms with Gasteiger partial charge in [-0.05, 0) is 32.9 Å². The maximum atomic E-state index is 13.8. The summed E-state index contributed by atoms with van der Waals surface area (Å²) in [5, 5.41) is 14.4. The molecule has 0 bridgehead atoms. The fraction of sp³-hybridized carbons (Fsp3) is 0.346. The zero-order valence-electron chi connectivity index (χ0n) is 19.9. The summed E-state index contributed by atoms with van der Waals surface area (Å²) in [6.45, 7) is 7.45. The predicted molar refractivity (Wildman–Crippen MR) is 135 cm³/mol. The molecule has 0 amide bonds. The van der Waals surface area contributed by atoms with Gasteiger partial charge in [0, 0.05) is 30.7 Å². The first-order valence-corrected chi connectivity index (χ1v) is 11.7. The van der Waals surface area contributed by atoms with E-state index in [1.54, 1.807) is 6.92 Å². The summed E-state index contributed by atoms with van der Waals surface area (Å²) in [7, 11) is 0. The highest BCUT2D eigenvalue weighted by Crippen LogP contribution is 2.30. The Morgan fingerprint density at radius 1 is 1.17 bits per heavy atom. The lowest BCUT2D eigenvalue weighted by Gasteiger charge is -2.24. The van der Waals surface area contributed by atoms with E-state index in [1.165, 1.54) is 10.9 Å². The smallest absolute Gasteiger partial charge is 0.278 e. The van der Waals surface area contributed by atoms with Crippen molar-refractivity contribution in [1.29, 1.82) is 5.26 Å². The Balaban J connectivity index is 1.66. The fourth-order valence-electron chi connectivity index (χ4n) is 4.68. The quantitative estimate of drug-likeness (QED) is 0.460. The van der Waals surface area contributed by atoms with Crippen LogP contribution in [0.1, 0.15) is 30.4 Å². The molecule has 0 atom stereocenters. The summed E-state index contributed by atoms with van der Waals surface area (Å²) in [6, 6.07) is 10.1. The number of fused-ring (bicyclic) bond motifs is 2. The van der Waals surface area contributed by atoms with Crippen LogP contribution >= 0.6 is 0 Å². The van der Waals surface area contributed by atoms with Crippen LogP contribution in [0.15, 0.2) is 35.4 Å². The lowest BCUT2D eigenvalue weighted by Crippen LogP contribution is -2.31. The number of hydrogen-bond donors (Lipinski definition) is 1. The normalized spacial score (nSPS) is 13.9. The minimum absolute atomic E-state index is 0.183. The second kappa shape index (κ2) is 9.57. The van der Waals surface area contributed by atoms with E-state index in [2.05, 4.69) is 43.1 Å². The molecular formula is C26H26N8O. The van der Waals surface area contributed by atoms with Crippen molar-refractivity contribution in [3.05, 3.63) is 58.0 Å². The summed E-state index contributed by atoms with van der Waals surface area (Å²) >= 11 is 0. The molecule has 9 nitrogen and oxygen atoms in total. The van der Waals surface area contributed by atoms with Crippen LogP contribution in [-0.2, 0) is 13.1 Å². The maximum absolute atomic E-state index is 13.8. The van der Waals surface area contributed by atoms with Crippen LogP contribution < -0.4 is 15.8 Å². The van der Waals surface area contributed by atoms with Gasteiger partial charge in [-0.15, -0.1) is 5.92 Å². The van der Waals surface area contributed by atoms with Crippen LogP contribution in [-0.4, -0.2) is 50.3 Å². The van der Waals surface area contributed by atoms with Crippen molar-refractivity contribution in [2.45, 2.75) is 33.4 Å². The Bertz CT molecular complexity index is 1570. The van der Waals surface area contributed by atoms with Gasteiger partial charge in [0.05, 0.1) is 24.9 Å². The van der Waals surface area contributed by atoms with Gasteiger partial charge >= 0.3 is 0 Å². The van der Waals surface area contributed by atoms with E-state index in [1.807, 2.05) is 35.8 Å². The molecule has 35 heavy (non-hydrogen) atoms. The summed E-state index contributed by atoms with van der Waals surface area (Å²) < 4.78 is 3.37. The highest BCUT2D eigenvalue weighted by atomic mass is 16.1. The van der Waals surface area contributed by atoms with Crippen LogP contribution in [0.25, 0.3) is 21.9 Å². The fourth-order valence-corrected chi connectivity index (χ4v) is 4.68. The van der Waals surface area contributed by atoms with Gasteiger partial charge in [-0.25, -0.2) is 15.0 Å². The Morgan fingerprint density at radius 3 is 2.86 bits per heavy atom. The first-order valence-electron chi connectivity index (χ1n) is 11.7. The molecule has 4 heterocycles. The molecule has 1 fully saturated rings. The number of aromatic nitrogens is 5. The molecule has 0 radical (unpaired) electrons. The molecule has 1 saturated heterocycles. The number of rotatable bonds is 4. The molecule has 0 unspecified atom stereocenters. The maximum Gasteiger partial charge on any atom is 0.278 e. The number of hydrogen-bond acceptors (Lipinski definition) is 7. The molecule has 3 aromatic heterocycles. The van der Waals surface area contributed by atoms with Crippen LogP contribution in [0, 0.1) is 30.1 Å². The number of benzene rings is 1. The zero-order chi connectivity index (χ0) is 24.4. The number of nitriles is 1. The second-order valence-electron chi connectivity index (χ2n) is 8.53. The minimum Gasteiger partial charge on any atom is -0.355 e. The summed E-state index contributed by atoms with van der Waals surface area (Å²) in [4.78, 5) is 29.8. The van der Waals surface area contributed by atoms with Crippen LogP contribution in [0.5, 0.6) is 0 Å². The average molecular weight is 467 g/mol. The number of nitrogens with zero attached hydrogens (tertiary/aromatic N) is 7. The van der Waals surface area contributed by atoms with Gasteiger partial charge in [-0.3, -0.25) is 9.36 Å². The van der Waals surface area contributed by atoms with Crippen LogP contribution in [0.4, 0.5) is 5.82 Å². The molecule has 0 spiro atoms. The largest absolute Gasteiger partial charge is 0.355 e. The minimum atomic E-state index is -0.238. The van der Waals surface area contributed by atoms with Crippen molar-refractivity contribution >= 4 is 27.8 Å². The number of para-hydroxylation sites is 1. The van der Waals surface area contributed by atoms with Gasteiger partial charge in [-0.2, -0.15) is 5.26 Å². The third-order valence-electron chi connectivity index (χ3n) is 6.32. The Morgan fingerprint density at radius 2 is 2.03 bits per heavy atom. The molecule has 1 aliphatic heterocycles. The Hall–Kier alpha value is -4.21. The molecule has 0 aliphatic carbocycles. The second-order valence-corrected chi connectivity index (χ2v) is 8.53. The molecule has 5 rings (SSSR count). The predicted octanol–water partition coefficient (Wildman–Crippen LogP) is 2.19. The summed E-state index contributed by atoms with van der Waals surface area (Å²) in [5.74, 6) is 7.24. The monoisotopic (exact) mass is 466 g/mol. The van der Waals surface area contributed by atoms with E-state index >= 15 is 0 Å². The van der Waals surface area contributed by atoms with Crippen LogP contribution in [0.3, 0.4) is 0 Å². The zero-order valence-corrected chi connectivity index (χ0v) is 19.9. The first-order chi connectivity index (χ1) is 17.1. The summed E-state index contributed by atoms with van der Waals surface area (Å²) in [6.07, 6.45) is 2.44. The van der Waals surface area contributed by atoms with Crippen molar-refractivity contribution in [3.8, 4) is 17.9 Å². The van der Waals surface area contributed by atoms with E-state index < -0.39 is 0 Å². The Labute approximate surface area is 203 Å². The van der Waals surface area contributed by atoms with E-state index in [0.29, 0.717) is 34.8 Å². The SMILES string of the molecule is CC#CCn1c(N2CCCNCC2)c(C#N)c2ncn(Cc3nc(C)c4ccccc4n3)c(=O)c21. The van der Waals surface area contributed by atoms with Crippen molar-refractivity contribution in [2.75, 3.05) is 31.1 Å². The summed E-state index contributed by atoms with van der Waals surface area (Å²) in [5.41, 5.74) is 2.67. The van der Waals surface area contributed by atoms with Crippen molar-refractivity contribution < 1.29 is 0 Å². The van der Waals surface area contributed by atoms with E-state index in [9.17, 15) is 10.1 Å². The third-order valence-corrected chi connectivity index (χ3v) is 6.32. The van der Waals surface area contributed by atoms with E-state index in [4.69, 9.17) is 0 Å². The third kappa shape index (κ3) is 4.11. The molecule has 0 saturated carbocycles. The molecular weight excluding hydrogens is 440 g/mol. The van der Waals surface area contributed by atoms with Gasteiger partial charge in [0.15, 0.2) is 0 Å². The molecule has 9 heteroatoms. The van der Waals surface area contributed by atoms with Crippen molar-refractivity contribution in [3.63, 3.8) is 0 Å². The number of nitrogens with one attached hydrogen (secondary N) is 1. The topological polar surface area (TPSA) is 105 Å². The standard InChI is InChI=1S/C26H26N8O/c1-3-4-13-34-24-23(20(15-27)25(34)32-12-7-10-28-11-14-32)29-17-33(26(24)35)16-22-30-18(2)19-8-5-6-9-21(19)31-22/h5-6,8-9,17,28H,7,10-14,16H2,1-2H3. The van der Waals surface area contributed by atoms with Gasteiger partial charge < -0.3 is 14.8 Å². The number of anilines is 1. The van der Waals surface area contributed by atoms with Crippen molar-refractivity contribution in [2.24, 2.45) is 0 Å². The number of aryl methyl sites for hydroxylation is 1. The highest BCUT2D eigenvalue weighted by Gasteiger charge is 2.26. The van der Waals surface area contributed by atoms with Gasteiger partial charge in [0.1, 0.15) is 34.3 Å².